The molecule has 0 aliphatic carbocycles. The van der Waals surface area contributed by atoms with Gasteiger partial charge < -0.3 is 24.2 Å². The Morgan fingerprint density at radius 3 is 2.25 bits per heavy atom. The fraction of sp³-hybridized carbons (Fsp3) is 0.448. The minimum absolute atomic E-state index is 0.0746. The number of ketones is 1. The third-order valence-electron chi connectivity index (χ3n) is 6.16. The van der Waals surface area contributed by atoms with Gasteiger partial charge in [0.15, 0.2) is 0 Å². The van der Waals surface area contributed by atoms with Gasteiger partial charge in [0.05, 0.1) is 24.8 Å². The smallest absolute Gasteiger partial charge is 0.295 e. The topological polar surface area (TPSA) is 85.3 Å². The van der Waals surface area contributed by atoms with E-state index in [-0.39, 0.29) is 16.7 Å². The molecule has 1 unspecified atom stereocenters. The van der Waals surface area contributed by atoms with Crippen molar-refractivity contribution in [1.82, 2.24) is 4.90 Å². The third-order valence-corrected chi connectivity index (χ3v) is 6.16. The minimum atomic E-state index is -0.720. The SMILES string of the molecule is CCOc1ccc(C2/C(=C(/O)c3ccc(OCC)c(C(C)(C)C)c3)C(=O)C(=O)N2CCCOC)cc1. The molecule has 36 heavy (non-hydrogen) atoms. The summed E-state index contributed by atoms with van der Waals surface area (Å²) in [5, 5.41) is 11.5. The van der Waals surface area contributed by atoms with Crippen molar-refractivity contribution in [2.75, 3.05) is 33.5 Å². The molecule has 1 saturated heterocycles. The van der Waals surface area contributed by atoms with Gasteiger partial charge in [0, 0.05) is 31.4 Å². The number of Topliss-reactive ketones (excluding diaryl/α,β-unsaturated/α-hetero) is 1. The van der Waals surface area contributed by atoms with Gasteiger partial charge in [-0.3, -0.25) is 9.59 Å². The average molecular weight is 496 g/mol. The van der Waals surface area contributed by atoms with Crippen LogP contribution in [0, 0.1) is 0 Å². The molecule has 1 N–H and O–H groups in total. The first kappa shape index (κ1) is 27.3. The van der Waals surface area contributed by atoms with E-state index in [4.69, 9.17) is 14.2 Å². The predicted octanol–water partition coefficient (Wildman–Crippen LogP) is 5.24. The average Bonchev–Trinajstić information content (AvgIpc) is 3.09. The molecule has 7 heteroatoms. The van der Waals surface area contributed by atoms with Gasteiger partial charge in [0.25, 0.3) is 11.7 Å². The highest BCUT2D eigenvalue weighted by Crippen LogP contribution is 2.41. The Hall–Kier alpha value is -3.32. The van der Waals surface area contributed by atoms with Crippen LogP contribution in [0.2, 0.25) is 0 Å². The summed E-state index contributed by atoms with van der Waals surface area (Å²) >= 11 is 0. The van der Waals surface area contributed by atoms with Crippen molar-refractivity contribution in [2.45, 2.75) is 52.5 Å². The van der Waals surface area contributed by atoms with Crippen LogP contribution in [0.4, 0.5) is 0 Å². The van der Waals surface area contributed by atoms with Gasteiger partial charge in [-0.2, -0.15) is 0 Å². The number of nitrogens with zero attached hydrogens (tertiary/aromatic N) is 1. The molecule has 1 amide bonds. The molecule has 2 aromatic carbocycles. The standard InChI is InChI=1S/C29H37NO6/c1-7-35-21-13-10-19(11-14-21)25-24(27(32)28(33)30(25)16-9-17-34-6)26(31)20-12-15-23(36-8-2)22(18-20)29(3,4)5/h10-15,18,25,31H,7-9,16-17H2,1-6H3/b26-24-. The van der Waals surface area contributed by atoms with Gasteiger partial charge >= 0.3 is 0 Å². The summed E-state index contributed by atoms with van der Waals surface area (Å²) in [6.45, 7) is 11.8. The molecule has 1 atom stereocenters. The van der Waals surface area contributed by atoms with Crippen molar-refractivity contribution in [3.05, 3.63) is 64.7 Å². The van der Waals surface area contributed by atoms with Crippen LogP contribution in [0.25, 0.3) is 5.76 Å². The fourth-order valence-corrected chi connectivity index (χ4v) is 4.45. The number of benzene rings is 2. The molecule has 194 valence electrons. The lowest BCUT2D eigenvalue weighted by atomic mass is 9.84. The van der Waals surface area contributed by atoms with Crippen molar-refractivity contribution < 1.29 is 28.9 Å². The van der Waals surface area contributed by atoms with Gasteiger partial charge in [-0.15, -0.1) is 0 Å². The molecule has 1 aliphatic heterocycles. The van der Waals surface area contributed by atoms with Gasteiger partial charge in [-0.25, -0.2) is 0 Å². The maximum absolute atomic E-state index is 13.3. The molecule has 7 nitrogen and oxygen atoms in total. The maximum atomic E-state index is 13.3. The normalized spacial score (nSPS) is 17.5. The molecule has 1 aliphatic rings. The molecule has 3 rings (SSSR count). The zero-order valence-electron chi connectivity index (χ0n) is 22.1. The van der Waals surface area contributed by atoms with Crippen molar-refractivity contribution >= 4 is 17.4 Å². The summed E-state index contributed by atoms with van der Waals surface area (Å²) in [7, 11) is 1.59. The lowest BCUT2D eigenvalue weighted by Crippen LogP contribution is -2.31. The summed E-state index contributed by atoms with van der Waals surface area (Å²) in [5.41, 5.74) is 1.90. The Bertz CT molecular complexity index is 1110. The molecular formula is C29H37NO6. The van der Waals surface area contributed by atoms with E-state index >= 15 is 0 Å². The first-order chi connectivity index (χ1) is 17.1. The number of carbonyl (C=O) groups is 2. The number of ether oxygens (including phenoxy) is 3. The highest BCUT2D eigenvalue weighted by molar-refractivity contribution is 6.46. The number of aliphatic hydroxyl groups is 1. The lowest BCUT2D eigenvalue weighted by molar-refractivity contribution is -0.140. The summed E-state index contributed by atoms with van der Waals surface area (Å²) < 4.78 is 16.5. The van der Waals surface area contributed by atoms with E-state index in [9.17, 15) is 14.7 Å². The molecule has 2 aromatic rings. The van der Waals surface area contributed by atoms with Crippen LogP contribution in [-0.2, 0) is 19.7 Å². The van der Waals surface area contributed by atoms with E-state index in [2.05, 4.69) is 20.8 Å². The number of hydrogen-bond donors (Lipinski definition) is 1. The Morgan fingerprint density at radius 2 is 1.67 bits per heavy atom. The predicted molar refractivity (Wildman–Crippen MR) is 139 cm³/mol. The molecule has 1 fully saturated rings. The maximum Gasteiger partial charge on any atom is 0.295 e. The fourth-order valence-electron chi connectivity index (χ4n) is 4.45. The highest BCUT2D eigenvalue weighted by Gasteiger charge is 2.45. The van der Waals surface area contributed by atoms with E-state index in [0.717, 1.165) is 16.9 Å². The second kappa shape index (κ2) is 11.6. The molecule has 0 saturated carbocycles. The van der Waals surface area contributed by atoms with Crippen molar-refractivity contribution in [3.63, 3.8) is 0 Å². The largest absolute Gasteiger partial charge is 0.507 e. The zero-order chi connectivity index (χ0) is 26.5. The second-order valence-electron chi connectivity index (χ2n) is 9.73. The van der Waals surface area contributed by atoms with Crippen LogP contribution in [0.15, 0.2) is 48.0 Å². The lowest BCUT2D eigenvalue weighted by Gasteiger charge is -2.26. The Morgan fingerprint density at radius 1 is 1.00 bits per heavy atom. The van der Waals surface area contributed by atoms with Crippen LogP contribution in [0.5, 0.6) is 11.5 Å². The van der Waals surface area contributed by atoms with Crippen molar-refractivity contribution in [3.8, 4) is 11.5 Å². The number of hydrogen-bond acceptors (Lipinski definition) is 6. The monoisotopic (exact) mass is 495 g/mol. The summed E-state index contributed by atoms with van der Waals surface area (Å²) in [6.07, 6.45) is 0.564. The van der Waals surface area contributed by atoms with Gasteiger partial charge in [-0.05, 0) is 61.6 Å². The first-order valence-electron chi connectivity index (χ1n) is 12.4. The Labute approximate surface area is 213 Å². The molecule has 0 spiro atoms. The summed E-state index contributed by atoms with van der Waals surface area (Å²) in [5.74, 6) is -0.109. The second-order valence-corrected chi connectivity index (χ2v) is 9.73. The number of methoxy groups -OCH3 is 1. The number of amides is 1. The van der Waals surface area contributed by atoms with Crippen molar-refractivity contribution in [2.24, 2.45) is 0 Å². The van der Waals surface area contributed by atoms with Crippen molar-refractivity contribution in [1.29, 1.82) is 0 Å². The highest BCUT2D eigenvalue weighted by atomic mass is 16.5. The molecule has 0 radical (unpaired) electrons. The Kier molecular flexibility index (Phi) is 8.79. The van der Waals surface area contributed by atoms with Crippen LogP contribution >= 0.6 is 0 Å². The molecule has 0 aromatic heterocycles. The van der Waals surface area contributed by atoms with E-state index in [0.29, 0.717) is 44.1 Å². The van der Waals surface area contributed by atoms with Crippen LogP contribution in [0.1, 0.15) is 63.8 Å². The molecule has 1 heterocycles. The first-order valence-corrected chi connectivity index (χ1v) is 12.4. The van der Waals surface area contributed by atoms with E-state index < -0.39 is 17.7 Å². The van der Waals surface area contributed by atoms with E-state index in [1.807, 2.05) is 44.2 Å². The van der Waals surface area contributed by atoms with Gasteiger partial charge in [0.1, 0.15) is 17.3 Å². The van der Waals surface area contributed by atoms with Gasteiger partial charge in [0.2, 0.25) is 0 Å². The quantitative estimate of drug-likeness (QED) is 0.210. The van der Waals surface area contributed by atoms with E-state index in [1.54, 1.807) is 19.2 Å². The van der Waals surface area contributed by atoms with Crippen LogP contribution in [-0.4, -0.2) is 55.2 Å². The number of carbonyl (C=O) groups excluding carboxylic acids is 2. The van der Waals surface area contributed by atoms with Crippen LogP contribution < -0.4 is 9.47 Å². The third kappa shape index (κ3) is 5.73. The molecular weight excluding hydrogens is 458 g/mol. The van der Waals surface area contributed by atoms with Gasteiger partial charge in [-0.1, -0.05) is 32.9 Å². The van der Waals surface area contributed by atoms with Crippen LogP contribution in [0.3, 0.4) is 0 Å². The van der Waals surface area contributed by atoms with E-state index in [1.165, 1.54) is 4.90 Å². The minimum Gasteiger partial charge on any atom is -0.507 e. The Balaban J connectivity index is 2.15. The number of aliphatic hydroxyl groups excluding tert-OH is 1. The summed E-state index contributed by atoms with van der Waals surface area (Å²) in [6, 6.07) is 11.9. The summed E-state index contributed by atoms with van der Waals surface area (Å²) in [4.78, 5) is 27.9. The zero-order valence-corrected chi connectivity index (χ0v) is 22.1. The number of likely N-dealkylation sites (tertiary alicyclic amines) is 1. The molecule has 0 bridgehead atoms. The number of rotatable bonds is 10.